The lowest BCUT2D eigenvalue weighted by molar-refractivity contribution is 0.0983. The zero-order chi connectivity index (χ0) is 23.8. The second-order valence-electron chi connectivity index (χ2n) is 7.97. The Bertz CT molecular complexity index is 1040. The molecule has 2 aromatic carbocycles. The van der Waals surface area contributed by atoms with E-state index >= 15 is 0 Å². The first-order valence-corrected chi connectivity index (χ1v) is 12.5. The molecule has 178 valence electrons. The minimum atomic E-state index is -0.0575. The number of unbranched alkanes of at least 4 members (excludes halogenated alkanes) is 1. The monoisotopic (exact) mass is 469 g/mol. The van der Waals surface area contributed by atoms with Crippen LogP contribution in [0.1, 0.15) is 49.5 Å². The van der Waals surface area contributed by atoms with Gasteiger partial charge in [-0.3, -0.25) is 9.69 Å². The summed E-state index contributed by atoms with van der Waals surface area (Å²) in [5, 5.41) is 0.693. The number of ether oxygens (including phenoxy) is 2. The van der Waals surface area contributed by atoms with Crippen molar-refractivity contribution in [3.63, 3.8) is 0 Å². The average molecular weight is 470 g/mol. The molecule has 0 unspecified atom stereocenters. The van der Waals surface area contributed by atoms with Gasteiger partial charge in [-0.15, -0.1) is 0 Å². The minimum absolute atomic E-state index is 0.0575. The van der Waals surface area contributed by atoms with E-state index in [0.29, 0.717) is 23.8 Å². The fourth-order valence-electron chi connectivity index (χ4n) is 3.63. The Morgan fingerprint density at radius 1 is 1.03 bits per heavy atom. The molecule has 1 aromatic heterocycles. The first-order valence-electron chi connectivity index (χ1n) is 11.7. The number of aryl methyl sites for hydroxylation is 1. The minimum Gasteiger partial charge on any atom is -0.494 e. The molecule has 0 fully saturated rings. The maximum absolute atomic E-state index is 13.6. The van der Waals surface area contributed by atoms with Crippen LogP contribution < -0.4 is 14.4 Å². The zero-order valence-corrected chi connectivity index (χ0v) is 21.2. The van der Waals surface area contributed by atoms with E-state index in [4.69, 9.17) is 14.5 Å². The van der Waals surface area contributed by atoms with Crippen molar-refractivity contribution in [1.82, 2.24) is 9.88 Å². The number of likely N-dealkylation sites (N-methyl/N-ethyl adjacent to an activating group) is 1. The molecule has 0 saturated carbocycles. The average Bonchev–Trinajstić information content (AvgIpc) is 3.28. The highest BCUT2D eigenvalue weighted by atomic mass is 32.1. The van der Waals surface area contributed by atoms with E-state index in [1.54, 1.807) is 12.0 Å². The van der Waals surface area contributed by atoms with Gasteiger partial charge in [-0.1, -0.05) is 44.6 Å². The molecule has 0 bridgehead atoms. The predicted octanol–water partition coefficient (Wildman–Crippen LogP) is 5.78. The van der Waals surface area contributed by atoms with Crippen molar-refractivity contribution >= 4 is 32.6 Å². The van der Waals surface area contributed by atoms with Crippen LogP contribution in [-0.2, 0) is 0 Å². The van der Waals surface area contributed by atoms with Gasteiger partial charge in [0.2, 0.25) is 0 Å². The van der Waals surface area contributed by atoms with Crippen LogP contribution in [-0.4, -0.2) is 55.7 Å². The Labute approximate surface area is 201 Å². The third-order valence-corrected chi connectivity index (χ3v) is 7.00. The number of hydrogen-bond donors (Lipinski definition) is 0. The summed E-state index contributed by atoms with van der Waals surface area (Å²) >= 11 is 1.54. The summed E-state index contributed by atoms with van der Waals surface area (Å²) in [6.07, 6.45) is 2.10. The van der Waals surface area contributed by atoms with Gasteiger partial charge in [0.05, 0.1) is 18.4 Å². The number of anilines is 1. The van der Waals surface area contributed by atoms with Crippen LogP contribution in [0.3, 0.4) is 0 Å². The fourth-order valence-corrected chi connectivity index (χ4v) is 4.70. The summed E-state index contributed by atoms with van der Waals surface area (Å²) in [5.74, 6) is 1.45. The number of rotatable bonds is 12. The zero-order valence-electron chi connectivity index (χ0n) is 20.4. The number of carbonyl (C=O) groups excluding carboxylic acids is 1. The lowest BCUT2D eigenvalue weighted by Gasteiger charge is -2.24. The van der Waals surface area contributed by atoms with E-state index in [9.17, 15) is 4.79 Å². The van der Waals surface area contributed by atoms with E-state index in [2.05, 4.69) is 32.6 Å². The van der Waals surface area contributed by atoms with Crippen molar-refractivity contribution in [2.24, 2.45) is 0 Å². The summed E-state index contributed by atoms with van der Waals surface area (Å²) in [4.78, 5) is 22.6. The molecule has 0 spiro atoms. The molecule has 1 heterocycles. The van der Waals surface area contributed by atoms with Crippen molar-refractivity contribution in [3.05, 3.63) is 47.5 Å². The third kappa shape index (κ3) is 6.03. The second kappa shape index (κ2) is 12.0. The van der Waals surface area contributed by atoms with Crippen LogP contribution in [0.5, 0.6) is 11.5 Å². The predicted molar refractivity (Wildman–Crippen MR) is 137 cm³/mol. The smallest absolute Gasteiger partial charge is 0.260 e. The first-order chi connectivity index (χ1) is 16.0. The summed E-state index contributed by atoms with van der Waals surface area (Å²) in [5.41, 5.74) is 2.55. The number of carbonyl (C=O) groups is 1. The van der Waals surface area contributed by atoms with Crippen molar-refractivity contribution in [2.75, 3.05) is 44.8 Å². The van der Waals surface area contributed by atoms with Gasteiger partial charge in [0, 0.05) is 18.7 Å². The summed E-state index contributed by atoms with van der Waals surface area (Å²) < 4.78 is 12.3. The van der Waals surface area contributed by atoms with Gasteiger partial charge in [0.25, 0.3) is 5.91 Å². The molecule has 0 radical (unpaired) electrons. The van der Waals surface area contributed by atoms with Gasteiger partial charge in [0.15, 0.2) is 5.13 Å². The highest BCUT2D eigenvalue weighted by molar-refractivity contribution is 7.22. The third-order valence-electron chi connectivity index (χ3n) is 5.79. The van der Waals surface area contributed by atoms with Gasteiger partial charge in [0.1, 0.15) is 17.0 Å². The van der Waals surface area contributed by atoms with Crippen molar-refractivity contribution < 1.29 is 14.3 Å². The molecule has 6 nitrogen and oxygen atoms in total. The van der Waals surface area contributed by atoms with E-state index in [1.807, 2.05) is 36.4 Å². The van der Waals surface area contributed by atoms with Gasteiger partial charge in [-0.25, -0.2) is 4.98 Å². The summed E-state index contributed by atoms with van der Waals surface area (Å²) in [7, 11) is 1.65. The van der Waals surface area contributed by atoms with E-state index in [-0.39, 0.29) is 5.91 Å². The van der Waals surface area contributed by atoms with Crippen LogP contribution in [0.15, 0.2) is 36.4 Å². The molecular formula is C26H35N3O3S. The summed E-state index contributed by atoms with van der Waals surface area (Å²) in [6.45, 7) is 12.4. The van der Waals surface area contributed by atoms with Gasteiger partial charge >= 0.3 is 0 Å². The van der Waals surface area contributed by atoms with Crippen LogP contribution >= 0.6 is 11.3 Å². The molecule has 3 rings (SSSR count). The first kappa shape index (κ1) is 25.0. The van der Waals surface area contributed by atoms with Crippen LogP contribution in [0.25, 0.3) is 10.2 Å². The number of benzene rings is 2. The highest BCUT2D eigenvalue weighted by Crippen LogP contribution is 2.36. The molecule has 0 aliphatic rings. The topological polar surface area (TPSA) is 54.9 Å². The molecule has 0 N–H and O–H groups in total. The molecule has 33 heavy (non-hydrogen) atoms. The molecule has 0 aliphatic heterocycles. The standard InChI is InChI=1S/C26H35N3O3S/c1-6-9-18-32-21-13-11-20(12-14-21)25(30)29(17-16-28(7-2)8-3)26-27-23-22(31-5)15-10-19(4)24(23)33-26/h10-15H,6-9,16-18H2,1-5H3. The Balaban J connectivity index is 1.92. The molecule has 7 heteroatoms. The lowest BCUT2D eigenvalue weighted by Crippen LogP contribution is -2.38. The fraction of sp³-hybridized carbons (Fsp3) is 0.462. The van der Waals surface area contributed by atoms with Gasteiger partial charge < -0.3 is 14.4 Å². The maximum Gasteiger partial charge on any atom is 0.260 e. The van der Waals surface area contributed by atoms with Crippen molar-refractivity contribution in [2.45, 2.75) is 40.5 Å². The number of fused-ring (bicyclic) bond motifs is 1. The Hall–Kier alpha value is -2.64. The van der Waals surface area contributed by atoms with Gasteiger partial charge in [-0.05, 0) is 62.3 Å². The van der Waals surface area contributed by atoms with E-state index < -0.39 is 0 Å². The molecule has 0 atom stereocenters. The SMILES string of the molecule is CCCCOc1ccc(C(=O)N(CCN(CC)CC)c2nc3c(OC)ccc(C)c3s2)cc1. The number of thiazole rings is 1. The normalized spacial score (nSPS) is 11.2. The molecule has 0 aliphatic carbocycles. The number of hydrogen-bond acceptors (Lipinski definition) is 6. The van der Waals surface area contributed by atoms with Crippen LogP contribution in [0.2, 0.25) is 0 Å². The number of nitrogens with zero attached hydrogens (tertiary/aromatic N) is 3. The number of methoxy groups -OCH3 is 1. The Morgan fingerprint density at radius 3 is 2.39 bits per heavy atom. The van der Waals surface area contributed by atoms with Gasteiger partial charge in [-0.2, -0.15) is 0 Å². The quantitative estimate of drug-likeness (QED) is 0.315. The summed E-state index contributed by atoms with van der Waals surface area (Å²) in [6, 6.07) is 11.4. The number of amides is 1. The largest absolute Gasteiger partial charge is 0.494 e. The van der Waals surface area contributed by atoms with E-state index in [1.165, 1.54) is 11.3 Å². The lowest BCUT2D eigenvalue weighted by atomic mass is 10.2. The maximum atomic E-state index is 13.6. The molecule has 1 amide bonds. The van der Waals surface area contributed by atoms with Crippen molar-refractivity contribution in [1.29, 1.82) is 0 Å². The Kier molecular flexibility index (Phi) is 9.09. The van der Waals surface area contributed by atoms with Crippen LogP contribution in [0, 0.1) is 6.92 Å². The van der Waals surface area contributed by atoms with E-state index in [0.717, 1.165) is 59.8 Å². The highest BCUT2D eigenvalue weighted by Gasteiger charge is 2.23. The molecule has 0 saturated heterocycles. The second-order valence-corrected chi connectivity index (χ2v) is 8.95. The van der Waals surface area contributed by atoms with Crippen molar-refractivity contribution in [3.8, 4) is 11.5 Å². The van der Waals surface area contributed by atoms with Crippen LogP contribution in [0.4, 0.5) is 5.13 Å². The number of aromatic nitrogens is 1. The Morgan fingerprint density at radius 2 is 1.76 bits per heavy atom. The molecule has 3 aromatic rings. The molecular weight excluding hydrogens is 434 g/mol.